The summed E-state index contributed by atoms with van der Waals surface area (Å²) in [4.78, 5) is 1.81. The van der Waals surface area contributed by atoms with Crippen LogP contribution in [-0.2, 0) is 13.1 Å². The Morgan fingerprint density at radius 1 is 0.963 bits per heavy atom. The van der Waals surface area contributed by atoms with Crippen LogP contribution in [0.2, 0.25) is 0 Å². The van der Waals surface area contributed by atoms with Crippen molar-refractivity contribution in [3.63, 3.8) is 0 Å². The number of ether oxygens (including phenoxy) is 1. The Morgan fingerprint density at radius 2 is 1.52 bits per heavy atom. The molecule has 0 radical (unpaired) electrons. The van der Waals surface area contributed by atoms with Gasteiger partial charge in [-0.15, -0.1) is 13.2 Å². The molecule has 0 amide bonds. The summed E-state index contributed by atoms with van der Waals surface area (Å²) in [5.41, 5.74) is 0.526. The highest BCUT2D eigenvalue weighted by Gasteiger charge is 2.31. The molecule has 1 aromatic carbocycles. The Hall–Kier alpha value is -2.94. The lowest BCUT2D eigenvalue weighted by molar-refractivity contribution is -0.274. The molecule has 0 aliphatic rings. The minimum atomic E-state index is -4.73. The molecule has 0 spiro atoms. The molecule has 2 aromatic heterocycles. The lowest BCUT2D eigenvalue weighted by atomic mass is 10.3. The quantitative estimate of drug-likeness (QED) is 0.580. The Morgan fingerprint density at radius 3 is 1.96 bits per heavy atom. The van der Waals surface area contributed by atoms with Gasteiger partial charge in [0.05, 0.1) is 25.6 Å². The fraction of sp³-hybridized carbons (Fsp3) is 0.167. The van der Waals surface area contributed by atoms with Crippen LogP contribution in [0.5, 0.6) is 5.75 Å². The molecule has 5 nitrogen and oxygen atoms in total. The third-order valence-electron chi connectivity index (χ3n) is 3.48. The first kappa shape index (κ1) is 18.8. The molecule has 9 heteroatoms. The maximum absolute atomic E-state index is 12.2. The molecule has 3 aromatic rings. The summed E-state index contributed by atoms with van der Waals surface area (Å²) in [5.74, 6) is 1.11. The first-order chi connectivity index (χ1) is 12.9. The van der Waals surface area contributed by atoms with Gasteiger partial charge in [-0.25, -0.2) is 0 Å². The van der Waals surface area contributed by atoms with Crippen LogP contribution in [-0.4, -0.2) is 16.4 Å². The van der Waals surface area contributed by atoms with Gasteiger partial charge in [-0.1, -0.05) is 0 Å². The van der Waals surface area contributed by atoms with E-state index < -0.39 is 6.36 Å². The number of halogens is 3. The van der Waals surface area contributed by atoms with E-state index >= 15 is 0 Å². The van der Waals surface area contributed by atoms with E-state index in [1.54, 1.807) is 24.7 Å². The van der Waals surface area contributed by atoms with E-state index in [0.717, 1.165) is 0 Å². The molecule has 0 aliphatic carbocycles. The minimum absolute atomic E-state index is 0.304. The summed E-state index contributed by atoms with van der Waals surface area (Å²) in [6.07, 6.45) is -1.60. The molecule has 27 heavy (non-hydrogen) atoms. The number of anilines is 1. The van der Waals surface area contributed by atoms with Crippen LogP contribution in [0.25, 0.3) is 0 Å². The molecule has 142 valence electrons. The molecular formula is C18H15F3N2O3S. The normalized spacial score (nSPS) is 11.2. The second kappa shape index (κ2) is 8.17. The zero-order valence-corrected chi connectivity index (χ0v) is 14.7. The number of rotatable bonds is 6. The van der Waals surface area contributed by atoms with Crippen LogP contribution in [0.4, 0.5) is 18.9 Å². The average Bonchev–Trinajstić information content (AvgIpc) is 3.28. The van der Waals surface area contributed by atoms with Crippen molar-refractivity contribution in [2.24, 2.45) is 0 Å². The third-order valence-corrected chi connectivity index (χ3v) is 3.84. The van der Waals surface area contributed by atoms with Crippen LogP contribution >= 0.6 is 12.2 Å². The van der Waals surface area contributed by atoms with Crippen molar-refractivity contribution in [2.45, 2.75) is 19.5 Å². The van der Waals surface area contributed by atoms with Crippen molar-refractivity contribution in [1.82, 2.24) is 4.90 Å². The summed E-state index contributed by atoms with van der Waals surface area (Å²) < 4.78 is 51.3. The van der Waals surface area contributed by atoms with E-state index in [4.69, 9.17) is 21.1 Å². The van der Waals surface area contributed by atoms with E-state index in [0.29, 0.717) is 35.4 Å². The van der Waals surface area contributed by atoms with Gasteiger partial charge >= 0.3 is 6.36 Å². The van der Waals surface area contributed by atoms with Crippen LogP contribution in [0.1, 0.15) is 11.5 Å². The lowest BCUT2D eigenvalue weighted by Crippen LogP contribution is -2.33. The van der Waals surface area contributed by atoms with Gasteiger partial charge in [0.1, 0.15) is 17.3 Å². The number of thiocarbonyl (C=S) groups is 1. The van der Waals surface area contributed by atoms with E-state index in [2.05, 4.69) is 10.1 Å². The third kappa shape index (κ3) is 5.78. The molecule has 0 fully saturated rings. The van der Waals surface area contributed by atoms with E-state index in [1.807, 2.05) is 17.0 Å². The van der Waals surface area contributed by atoms with Crippen LogP contribution in [0, 0.1) is 0 Å². The van der Waals surface area contributed by atoms with Crippen LogP contribution in [0.15, 0.2) is 69.9 Å². The SMILES string of the molecule is FC(F)(F)Oc1ccc(NC(=S)N(Cc2ccco2)Cc2ccco2)cc1. The Kier molecular flexibility index (Phi) is 5.70. The van der Waals surface area contributed by atoms with Crippen LogP contribution in [0.3, 0.4) is 0 Å². The summed E-state index contributed by atoms with van der Waals surface area (Å²) >= 11 is 5.44. The molecule has 1 N–H and O–H groups in total. The molecule has 2 heterocycles. The van der Waals surface area contributed by atoms with Gasteiger partial charge < -0.3 is 23.8 Å². The summed E-state index contributed by atoms with van der Waals surface area (Å²) in [6.45, 7) is 0.795. The van der Waals surface area contributed by atoms with Crippen molar-refractivity contribution in [3.05, 3.63) is 72.6 Å². The maximum Gasteiger partial charge on any atom is 0.573 e. The molecule has 0 saturated heterocycles. The summed E-state index contributed by atoms with van der Waals surface area (Å²) in [7, 11) is 0. The largest absolute Gasteiger partial charge is 0.573 e. The summed E-state index contributed by atoms with van der Waals surface area (Å²) in [6, 6.07) is 12.5. The molecular weight excluding hydrogens is 381 g/mol. The standard InChI is InChI=1S/C18H15F3N2O3S/c19-18(20,21)26-14-7-5-13(6-8-14)22-17(27)23(11-15-3-1-9-24-15)12-16-4-2-10-25-16/h1-10H,11-12H2,(H,22,27). The average molecular weight is 396 g/mol. The smallest absolute Gasteiger partial charge is 0.467 e. The molecule has 0 saturated carbocycles. The van der Waals surface area contributed by atoms with Crippen LogP contribution < -0.4 is 10.1 Å². The van der Waals surface area contributed by atoms with Crippen molar-refractivity contribution in [3.8, 4) is 5.75 Å². The molecule has 0 bridgehead atoms. The fourth-order valence-electron chi connectivity index (χ4n) is 2.32. The zero-order chi connectivity index (χ0) is 19.3. The number of nitrogens with one attached hydrogen (secondary N) is 1. The van der Waals surface area contributed by atoms with Gasteiger partial charge in [0.2, 0.25) is 0 Å². The number of furan rings is 2. The minimum Gasteiger partial charge on any atom is -0.467 e. The first-order valence-electron chi connectivity index (χ1n) is 7.85. The van der Waals surface area contributed by atoms with E-state index in [9.17, 15) is 13.2 Å². The fourth-order valence-corrected chi connectivity index (χ4v) is 2.57. The number of nitrogens with zero attached hydrogens (tertiary/aromatic N) is 1. The van der Waals surface area contributed by atoms with E-state index in [1.165, 1.54) is 24.3 Å². The van der Waals surface area contributed by atoms with Gasteiger partial charge in [-0.05, 0) is 60.7 Å². The van der Waals surface area contributed by atoms with Crippen molar-refractivity contribution >= 4 is 23.0 Å². The molecule has 0 aliphatic heterocycles. The van der Waals surface area contributed by atoms with Gasteiger partial charge in [0.15, 0.2) is 5.11 Å². The highest BCUT2D eigenvalue weighted by Crippen LogP contribution is 2.24. The zero-order valence-electron chi connectivity index (χ0n) is 13.9. The Balaban J connectivity index is 1.68. The molecule has 3 rings (SSSR count). The van der Waals surface area contributed by atoms with Crippen molar-refractivity contribution in [1.29, 1.82) is 0 Å². The molecule has 0 unspecified atom stereocenters. The summed E-state index contributed by atoms with van der Waals surface area (Å²) in [5, 5.41) is 3.36. The number of hydrogen-bond donors (Lipinski definition) is 1. The predicted molar refractivity (Wildman–Crippen MR) is 96.0 cm³/mol. The topological polar surface area (TPSA) is 50.8 Å². The molecule has 0 atom stereocenters. The monoisotopic (exact) mass is 396 g/mol. The van der Waals surface area contributed by atoms with Crippen molar-refractivity contribution in [2.75, 3.05) is 5.32 Å². The number of alkyl halides is 3. The second-order valence-corrected chi connectivity index (χ2v) is 5.90. The Labute approximate surface area is 158 Å². The number of benzene rings is 1. The van der Waals surface area contributed by atoms with Crippen molar-refractivity contribution < 1.29 is 26.7 Å². The highest BCUT2D eigenvalue weighted by atomic mass is 32.1. The number of hydrogen-bond acceptors (Lipinski definition) is 4. The van der Waals surface area contributed by atoms with E-state index in [-0.39, 0.29) is 5.75 Å². The first-order valence-corrected chi connectivity index (χ1v) is 8.26. The second-order valence-electron chi connectivity index (χ2n) is 5.52. The maximum atomic E-state index is 12.2. The van der Waals surface area contributed by atoms with Gasteiger partial charge in [-0.3, -0.25) is 0 Å². The lowest BCUT2D eigenvalue weighted by Gasteiger charge is -2.24. The van der Waals surface area contributed by atoms with Gasteiger partial charge in [-0.2, -0.15) is 0 Å². The highest BCUT2D eigenvalue weighted by molar-refractivity contribution is 7.80. The van der Waals surface area contributed by atoms with Gasteiger partial charge in [0, 0.05) is 5.69 Å². The predicted octanol–water partition coefficient (Wildman–Crippen LogP) is 5.17. The Bertz CT molecular complexity index is 811. The van der Waals surface area contributed by atoms with Gasteiger partial charge in [0.25, 0.3) is 0 Å².